The van der Waals surface area contributed by atoms with Crippen LogP contribution in [-0.2, 0) is 0 Å². The molecule has 0 saturated carbocycles. The van der Waals surface area contributed by atoms with Gasteiger partial charge in [0.1, 0.15) is 5.82 Å². The largest absolute Gasteiger partial charge is 0.334 e. The van der Waals surface area contributed by atoms with Gasteiger partial charge in [-0.2, -0.15) is 0 Å². The average Bonchev–Trinajstić information content (AvgIpc) is 2.67. The van der Waals surface area contributed by atoms with E-state index in [9.17, 15) is 4.79 Å². The molecule has 18 heavy (non-hydrogen) atoms. The standard InChI is InChI=1S/C13H20N4O/c1-9-7-10(8-11(15-9)16-14)12(18)17-6-4-5-13(17,2)3/h7-8H,4-6,14H2,1-3H3,(H,15,16). The Morgan fingerprint density at radius 2 is 2.22 bits per heavy atom. The van der Waals surface area contributed by atoms with Gasteiger partial charge in [0, 0.05) is 23.3 Å². The molecule has 0 aliphatic carbocycles. The molecule has 2 rings (SSSR count). The summed E-state index contributed by atoms with van der Waals surface area (Å²) >= 11 is 0. The molecule has 1 saturated heterocycles. The van der Waals surface area contributed by atoms with Gasteiger partial charge < -0.3 is 10.3 Å². The molecule has 1 aliphatic rings. The third-order valence-corrected chi connectivity index (χ3v) is 3.49. The minimum absolute atomic E-state index is 0.0551. The highest BCUT2D eigenvalue weighted by atomic mass is 16.2. The number of anilines is 1. The van der Waals surface area contributed by atoms with Crippen LogP contribution in [0, 0.1) is 6.92 Å². The Bertz CT molecular complexity index is 470. The summed E-state index contributed by atoms with van der Waals surface area (Å²) in [5, 5.41) is 0. The minimum atomic E-state index is -0.0649. The molecule has 5 nitrogen and oxygen atoms in total. The first-order valence-electron chi connectivity index (χ1n) is 6.21. The highest BCUT2D eigenvalue weighted by molar-refractivity contribution is 5.95. The van der Waals surface area contributed by atoms with Gasteiger partial charge >= 0.3 is 0 Å². The van der Waals surface area contributed by atoms with Crippen molar-refractivity contribution < 1.29 is 4.79 Å². The molecule has 0 atom stereocenters. The van der Waals surface area contributed by atoms with E-state index in [-0.39, 0.29) is 11.4 Å². The van der Waals surface area contributed by atoms with E-state index in [1.54, 1.807) is 12.1 Å². The topological polar surface area (TPSA) is 71.2 Å². The van der Waals surface area contributed by atoms with Gasteiger partial charge in [-0.15, -0.1) is 0 Å². The first-order chi connectivity index (χ1) is 8.44. The molecule has 0 bridgehead atoms. The van der Waals surface area contributed by atoms with Gasteiger partial charge in [0.15, 0.2) is 0 Å². The number of nitrogens with zero attached hydrogens (tertiary/aromatic N) is 2. The third kappa shape index (κ3) is 2.31. The number of likely N-dealkylation sites (tertiary alicyclic amines) is 1. The summed E-state index contributed by atoms with van der Waals surface area (Å²) in [5.41, 5.74) is 3.85. The maximum Gasteiger partial charge on any atom is 0.254 e. The summed E-state index contributed by atoms with van der Waals surface area (Å²) in [6, 6.07) is 3.50. The zero-order valence-electron chi connectivity index (χ0n) is 11.2. The Kier molecular flexibility index (Phi) is 3.26. The molecular weight excluding hydrogens is 228 g/mol. The van der Waals surface area contributed by atoms with E-state index in [1.165, 1.54) is 0 Å². The second kappa shape index (κ2) is 4.57. The molecule has 5 heteroatoms. The Morgan fingerprint density at radius 3 is 2.78 bits per heavy atom. The fraction of sp³-hybridized carbons (Fsp3) is 0.538. The summed E-state index contributed by atoms with van der Waals surface area (Å²) in [7, 11) is 0. The lowest BCUT2D eigenvalue weighted by atomic mass is 10.0. The predicted octanol–water partition coefficient (Wildman–Crippen LogP) is 1.69. The number of nitrogens with one attached hydrogen (secondary N) is 1. The van der Waals surface area contributed by atoms with Crippen molar-refractivity contribution in [3.8, 4) is 0 Å². The first kappa shape index (κ1) is 12.8. The van der Waals surface area contributed by atoms with Gasteiger partial charge in [0.25, 0.3) is 5.91 Å². The quantitative estimate of drug-likeness (QED) is 0.617. The smallest absolute Gasteiger partial charge is 0.254 e. The van der Waals surface area contributed by atoms with Crippen molar-refractivity contribution in [2.75, 3.05) is 12.0 Å². The van der Waals surface area contributed by atoms with E-state index in [4.69, 9.17) is 5.84 Å². The lowest BCUT2D eigenvalue weighted by molar-refractivity contribution is 0.0652. The van der Waals surface area contributed by atoms with Crippen molar-refractivity contribution in [2.24, 2.45) is 5.84 Å². The number of amides is 1. The maximum absolute atomic E-state index is 12.5. The fourth-order valence-electron chi connectivity index (χ4n) is 2.51. The number of nitrogens with two attached hydrogens (primary N) is 1. The molecule has 0 spiro atoms. The average molecular weight is 248 g/mol. The molecule has 1 aromatic rings. The number of rotatable bonds is 2. The van der Waals surface area contributed by atoms with Crippen LogP contribution in [0.1, 0.15) is 42.7 Å². The van der Waals surface area contributed by atoms with Crippen LogP contribution < -0.4 is 11.3 Å². The summed E-state index contributed by atoms with van der Waals surface area (Å²) in [6.45, 7) is 6.88. The lowest BCUT2D eigenvalue weighted by Gasteiger charge is -2.31. The minimum Gasteiger partial charge on any atom is -0.334 e. The van der Waals surface area contributed by atoms with E-state index in [0.717, 1.165) is 25.1 Å². The first-order valence-corrected chi connectivity index (χ1v) is 6.21. The van der Waals surface area contributed by atoms with Gasteiger partial charge in [0.2, 0.25) is 0 Å². The second-order valence-electron chi connectivity index (χ2n) is 5.40. The van der Waals surface area contributed by atoms with Crippen LogP contribution in [0.4, 0.5) is 5.82 Å². The normalized spacial score (nSPS) is 17.9. The van der Waals surface area contributed by atoms with Crippen LogP contribution in [0.25, 0.3) is 0 Å². The van der Waals surface area contributed by atoms with Gasteiger partial charge in [-0.05, 0) is 45.7 Å². The van der Waals surface area contributed by atoms with Crippen molar-refractivity contribution in [3.63, 3.8) is 0 Å². The van der Waals surface area contributed by atoms with Crippen molar-refractivity contribution in [2.45, 2.75) is 39.2 Å². The highest BCUT2D eigenvalue weighted by Gasteiger charge is 2.35. The van der Waals surface area contributed by atoms with E-state index in [1.807, 2.05) is 11.8 Å². The van der Waals surface area contributed by atoms with Crippen molar-refractivity contribution in [1.82, 2.24) is 9.88 Å². The maximum atomic E-state index is 12.5. The zero-order chi connectivity index (χ0) is 13.3. The molecule has 0 aromatic carbocycles. The van der Waals surface area contributed by atoms with Crippen LogP contribution in [0.2, 0.25) is 0 Å². The van der Waals surface area contributed by atoms with Crippen molar-refractivity contribution >= 4 is 11.7 Å². The summed E-state index contributed by atoms with van der Waals surface area (Å²) in [4.78, 5) is 18.6. The number of carbonyl (C=O) groups is 1. The van der Waals surface area contributed by atoms with Crippen LogP contribution >= 0.6 is 0 Å². The van der Waals surface area contributed by atoms with Crippen LogP contribution in [0.5, 0.6) is 0 Å². The van der Waals surface area contributed by atoms with Gasteiger partial charge in [0.05, 0.1) is 0 Å². The van der Waals surface area contributed by atoms with Crippen LogP contribution in [-0.4, -0.2) is 27.9 Å². The number of nitrogen functional groups attached to an aromatic ring is 1. The number of hydrogen-bond acceptors (Lipinski definition) is 4. The predicted molar refractivity (Wildman–Crippen MR) is 71.1 cm³/mol. The number of hydrogen-bond donors (Lipinski definition) is 2. The Balaban J connectivity index is 2.31. The second-order valence-corrected chi connectivity index (χ2v) is 5.40. The van der Waals surface area contributed by atoms with Gasteiger partial charge in [-0.1, -0.05) is 0 Å². The molecule has 1 aliphatic heterocycles. The molecule has 3 N–H and O–H groups in total. The molecule has 2 heterocycles. The molecule has 1 fully saturated rings. The number of aromatic nitrogens is 1. The van der Waals surface area contributed by atoms with Crippen molar-refractivity contribution in [3.05, 3.63) is 23.4 Å². The van der Waals surface area contributed by atoms with Crippen molar-refractivity contribution in [1.29, 1.82) is 0 Å². The number of aryl methyl sites for hydroxylation is 1. The molecule has 98 valence electrons. The fourth-order valence-corrected chi connectivity index (χ4v) is 2.51. The summed E-state index contributed by atoms with van der Waals surface area (Å²) in [6.07, 6.45) is 2.11. The summed E-state index contributed by atoms with van der Waals surface area (Å²) < 4.78 is 0. The van der Waals surface area contributed by atoms with E-state index < -0.39 is 0 Å². The molecule has 1 aromatic heterocycles. The van der Waals surface area contributed by atoms with E-state index in [2.05, 4.69) is 24.3 Å². The molecule has 0 radical (unpaired) electrons. The van der Waals surface area contributed by atoms with Crippen LogP contribution in [0.15, 0.2) is 12.1 Å². The molecule has 1 amide bonds. The zero-order valence-corrected chi connectivity index (χ0v) is 11.2. The number of carbonyl (C=O) groups excluding carboxylic acids is 1. The molecular formula is C13H20N4O. The van der Waals surface area contributed by atoms with E-state index in [0.29, 0.717) is 11.4 Å². The SMILES string of the molecule is Cc1cc(C(=O)N2CCCC2(C)C)cc(NN)n1. The number of pyridine rings is 1. The number of hydrazine groups is 1. The summed E-state index contributed by atoms with van der Waals surface area (Å²) in [5.74, 6) is 5.94. The monoisotopic (exact) mass is 248 g/mol. The Morgan fingerprint density at radius 1 is 1.50 bits per heavy atom. The van der Waals surface area contributed by atoms with Crippen LogP contribution in [0.3, 0.4) is 0 Å². The Hall–Kier alpha value is -1.62. The lowest BCUT2D eigenvalue weighted by Crippen LogP contribution is -2.42. The van der Waals surface area contributed by atoms with E-state index >= 15 is 0 Å². The van der Waals surface area contributed by atoms with Gasteiger partial charge in [-0.3, -0.25) is 4.79 Å². The molecule has 0 unspecified atom stereocenters. The Labute approximate surface area is 107 Å². The highest BCUT2D eigenvalue weighted by Crippen LogP contribution is 2.30. The third-order valence-electron chi connectivity index (χ3n) is 3.49. The van der Waals surface area contributed by atoms with Gasteiger partial charge in [-0.25, -0.2) is 10.8 Å².